The fourth-order valence-corrected chi connectivity index (χ4v) is 9.32. The maximum Gasteiger partial charge on any atom is 0.333 e. The Morgan fingerprint density at radius 1 is 0.400 bits per heavy atom. The number of aromatic nitrogens is 2. The third kappa shape index (κ3) is 2.53. The first-order chi connectivity index (χ1) is 22.4. The molecule has 8 aromatic rings. The molecule has 12 rings (SSSR count). The van der Waals surface area contributed by atoms with E-state index in [1.807, 2.05) is 0 Å². The topological polar surface area (TPSA) is 13.1 Å². The van der Waals surface area contributed by atoms with Crippen molar-refractivity contribution in [2.45, 2.75) is 0 Å². The summed E-state index contributed by atoms with van der Waals surface area (Å²) in [5.41, 5.74) is 20.0. The molecule has 4 aliphatic heterocycles. The van der Waals surface area contributed by atoms with Gasteiger partial charge >= 0.3 is 13.7 Å². The van der Waals surface area contributed by atoms with Gasteiger partial charge in [-0.3, -0.25) is 0 Å². The summed E-state index contributed by atoms with van der Waals surface area (Å²) in [6, 6.07) is 47.9. The highest BCUT2D eigenvalue weighted by Crippen LogP contribution is 2.46. The molecule has 0 saturated carbocycles. The lowest BCUT2D eigenvalue weighted by molar-refractivity contribution is 1.21. The zero-order valence-corrected chi connectivity index (χ0v) is 24.3. The molecule has 2 aromatic heterocycles. The van der Waals surface area contributed by atoms with Crippen molar-refractivity contribution in [3.63, 3.8) is 0 Å². The molecule has 3 nitrogen and oxygen atoms in total. The lowest BCUT2D eigenvalue weighted by Gasteiger charge is -2.47. The molecule has 0 atom stereocenters. The summed E-state index contributed by atoms with van der Waals surface area (Å²) in [6.45, 7) is 0.166. The van der Waals surface area contributed by atoms with Crippen LogP contribution in [0.25, 0.3) is 55.2 Å². The van der Waals surface area contributed by atoms with Crippen LogP contribution in [0.1, 0.15) is 0 Å². The van der Waals surface area contributed by atoms with Crippen molar-refractivity contribution in [3.8, 4) is 33.4 Å². The Morgan fingerprint density at radius 2 is 0.978 bits per heavy atom. The average Bonchev–Trinajstić information content (AvgIpc) is 3.73. The van der Waals surface area contributed by atoms with Crippen LogP contribution in [-0.2, 0) is 0 Å². The van der Waals surface area contributed by atoms with Gasteiger partial charge < -0.3 is 13.9 Å². The number of hydrogen-bond acceptors (Lipinski definition) is 1. The van der Waals surface area contributed by atoms with Crippen molar-refractivity contribution in [2.24, 2.45) is 0 Å². The van der Waals surface area contributed by atoms with Gasteiger partial charge in [-0.2, -0.15) is 0 Å². The third-order valence-electron chi connectivity index (χ3n) is 10.9. The number of para-hydroxylation sites is 2. The van der Waals surface area contributed by atoms with Crippen molar-refractivity contribution < 1.29 is 0 Å². The molecule has 0 N–H and O–H groups in total. The maximum atomic E-state index is 2.62. The summed E-state index contributed by atoms with van der Waals surface area (Å²) in [5, 5.41) is 2.60. The molecular weight excluding hydrogens is 544 g/mol. The van der Waals surface area contributed by atoms with Gasteiger partial charge in [0.15, 0.2) is 0 Å². The maximum absolute atomic E-state index is 2.62. The number of rotatable bonds is 1. The first-order valence-corrected chi connectivity index (χ1v) is 15.8. The van der Waals surface area contributed by atoms with Crippen LogP contribution in [0, 0.1) is 0 Å². The van der Waals surface area contributed by atoms with Crippen LogP contribution in [0.2, 0.25) is 0 Å². The van der Waals surface area contributed by atoms with Gasteiger partial charge in [-0.25, -0.2) is 0 Å². The lowest BCUT2D eigenvalue weighted by Crippen LogP contribution is -2.64. The summed E-state index contributed by atoms with van der Waals surface area (Å²) in [4.78, 5) is 2.62. The van der Waals surface area contributed by atoms with E-state index in [-0.39, 0.29) is 13.7 Å². The van der Waals surface area contributed by atoms with E-state index < -0.39 is 0 Å². The minimum Gasteiger partial charge on any atom is -0.382 e. The Bertz CT molecular complexity index is 2620. The van der Waals surface area contributed by atoms with Gasteiger partial charge in [0, 0.05) is 39.2 Å². The van der Waals surface area contributed by atoms with E-state index >= 15 is 0 Å². The molecule has 0 aliphatic carbocycles. The lowest BCUT2D eigenvalue weighted by atomic mass is 9.39. The van der Waals surface area contributed by atoms with Gasteiger partial charge in [-0.15, -0.1) is 0 Å². The Kier molecular flexibility index (Phi) is 3.90. The highest BCUT2D eigenvalue weighted by Gasteiger charge is 2.49. The SMILES string of the molecule is c1ccc(-c2ccc3c4c2B2c5c(cccc5N4c4cccc5c4B3n3ccc4cccc-5c43)-c3cccc4ccn2c34)cc1. The summed E-state index contributed by atoms with van der Waals surface area (Å²) in [5.74, 6) is 0. The van der Waals surface area contributed by atoms with Crippen molar-refractivity contribution in [1.29, 1.82) is 0 Å². The van der Waals surface area contributed by atoms with E-state index in [4.69, 9.17) is 0 Å². The molecule has 0 amide bonds. The summed E-state index contributed by atoms with van der Waals surface area (Å²) >= 11 is 0. The molecule has 0 spiro atoms. The third-order valence-corrected chi connectivity index (χ3v) is 10.9. The van der Waals surface area contributed by atoms with Gasteiger partial charge in [0.1, 0.15) is 0 Å². The highest BCUT2D eigenvalue weighted by molar-refractivity contribution is 6.94. The molecule has 0 saturated heterocycles. The quantitative estimate of drug-likeness (QED) is 0.203. The van der Waals surface area contributed by atoms with E-state index in [1.165, 1.54) is 94.1 Å². The number of benzene rings is 6. The Labute approximate surface area is 260 Å². The monoisotopic (exact) mass is 567 g/mol. The Hall–Kier alpha value is -5.67. The standard InChI is InChI=1S/C40H23B2N3/c1-2-8-24(9-3-1)27-18-19-32-40-37(27)42-36-29(31-15-5-11-26-21-23-44(42)39(26)31)13-7-17-34(36)45(40)33-16-6-12-28-30-14-4-10-25-20-22-43(38(25)30)41(32)35(28)33/h1-23H. The largest absolute Gasteiger partial charge is 0.382 e. The molecule has 0 radical (unpaired) electrons. The molecule has 0 unspecified atom stereocenters. The second kappa shape index (κ2) is 7.69. The van der Waals surface area contributed by atoms with Crippen molar-refractivity contribution in [3.05, 3.63) is 140 Å². The molecule has 0 bridgehead atoms. The van der Waals surface area contributed by atoms with Crippen molar-refractivity contribution >= 4 is 74.4 Å². The van der Waals surface area contributed by atoms with Crippen LogP contribution >= 0.6 is 0 Å². The summed E-state index contributed by atoms with van der Waals surface area (Å²) < 4.78 is 5.10. The molecule has 0 fully saturated rings. The van der Waals surface area contributed by atoms with Gasteiger partial charge in [0.05, 0.1) is 0 Å². The first kappa shape index (κ1) is 22.8. The summed E-state index contributed by atoms with van der Waals surface area (Å²) in [6.07, 6.45) is 4.64. The number of nitrogens with zero attached hydrogens (tertiary/aromatic N) is 3. The predicted octanol–water partition coefficient (Wildman–Crippen LogP) is 6.63. The minimum absolute atomic E-state index is 0.0651. The fraction of sp³-hybridized carbons (Fsp3) is 0. The molecule has 5 heteroatoms. The van der Waals surface area contributed by atoms with Crippen LogP contribution in [0.4, 0.5) is 17.1 Å². The van der Waals surface area contributed by atoms with E-state index in [2.05, 4.69) is 154 Å². The zero-order valence-electron chi connectivity index (χ0n) is 24.3. The highest BCUT2D eigenvalue weighted by atomic mass is 15.2. The van der Waals surface area contributed by atoms with Gasteiger partial charge in [-0.1, -0.05) is 103 Å². The van der Waals surface area contributed by atoms with Gasteiger partial charge in [0.2, 0.25) is 0 Å². The van der Waals surface area contributed by atoms with Crippen LogP contribution < -0.4 is 26.8 Å². The minimum atomic E-state index is 0.0651. The smallest absolute Gasteiger partial charge is 0.333 e. The Morgan fingerprint density at radius 3 is 1.64 bits per heavy atom. The van der Waals surface area contributed by atoms with Gasteiger partial charge in [-0.05, 0) is 91.5 Å². The summed E-state index contributed by atoms with van der Waals surface area (Å²) in [7, 11) is 0. The van der Waals surface area contributed by atoms with Crippen LogP contribution in [0.3, 0.4) is 0 Å². The van der Waals surface area contributed by atoms with Gasteiger partial charge in [0.25, 0.3) is 0 Å². The van der Waals surface area contributed by atoms with E-state index in [1.54, 1.807) is 0 Å². The van der Waals surface area contributed by atoms with E-state index in [0.717, 1.165) is 0 Å². The molecule has 204 valence electrons. The zero-order chi connectivity index (χ0) is 29.0. The molecule has 4 aliphatic rings. The van der Waals surface area contributed by atoms with Crippen molar-refractivity contribution in [1.82, 2.24) is 8.96 Å². The molecular formula is C40H23B2N3. The molecule has 6 aromatic carbocycles. The van der Waals surface area contributed by atoms with Crippen molar-refractivity contribution in [2.75, 3.05) is 4.90 Å². The molecule has 6 heterocycles. The number of fused-ring (bicyclic) bond motifs is 8. The fourth-order valence-electron chi connectivity index (χ4n) is 9.32. The normalized spacial score (nSPS) is 14.1. The Balaban J connectivity index is 1.29. The van der Waals surface area contributed by atoms with Crippen LogP contribution in [0.5, 0.6) is 0 Å². The molecule has 45 heavy (non-hydrogen) atoms. The number of hydrogen-bond donors (Lipinski definition) is 0. The first-order valence-electron chi connectivity index (χ1n) is 15.8. The second-order valence-corrected chi connectivity index (χ2v) is 12.9. The average molecular weight is 567 g/mol. The second-order valence-electron chi connectivity index (χ2n) is 12.9. The van der Waals surface area contributed by atoms with Crippen LogP contribution in [-0.4, -0.2) is 22.7 Å². The number of anilines is 3. The van der Waals surface area contributed by atoms with E-state index in [0.29, 0.717) is 0 Å². The predicted molar refractivity (Wildman–Crippen MR) is 189 cm³/mol. The van der Waals surface area contributed by atoms with Crippen LogP contribution in [0.15, 0.2) is 140 Å². The van der Waals surface area contributed by atoms with E-state index in [9.17, 15) is 0 Å².